The van der Waals surface area contributed by atoms with E-state index in [1.54, 1.807) is 20.8 Å². The lowest BCUT2D eigenvalue weighted by molar-refractivity contribution is -0.520. The first-order chi connectivity index (χ1) is 8.83. The Labute approximate surface area is 112 Å². The molecule has 7 nitrogen and oxygen atoms in total. The van der Waals surface area contributed by atoms with Gasteiger partial charge in [0.25, 0.3) is 0 Å². The smallest absolute Gasteiger partial charge is 0.236 e. The molecule has 0 bridgehead atoms. The van der Waals surface area contributed by atoms with Crippen LogP contribution in [-0.2, 0) is 4.79 Å². The highest BCUT2D eigenvalue weighted by molar-refractivity contribution is 5.98. The van der Waals surface area contributed by atoms with Crippen LogP contribution in [0.3, 0.4) is 0 Å². The summed E-state index contributed by atoms with van der Waals surface area (Å²) in [4.78, 5) is 21.5. The zero-order valence-electron chi connectivity index (χ0n) is 11.7. The van der Waals surface area contributed by atoms with Gasteiger partial charge in [0.2, 0.25) is 11.9 Å². The molecule has 0 radical (unpaired) electrons. The van der Waals surface area contributed by atoms with E-state index in [9.17, 15) is 14.9 Å². The van der Waals surface area contributed by atoms with Crippen molar-refractivity contribution in [3.8, 4) is 0 Å². The molecule has 0 aliphatic heterocycles. The Bertz CT molecular complexity index is 388. The molecule has 1 amide bonds. The van der Waals surface area contributed by atoms with E-state index in [0.29, 0.717) is 12.0 Å². The van der Waals surface area contributed by atoms with Gasteiger partial charge in [-0.2, -0.15) is 0 Å². The number of nitrogens with one attached hydrogen (secondary N) is 1. The van der Waals surface area contributed by atoms with E-state index in [0.717, 1.165) is 0 Å². The highest BCUT2D eigenvalue weighted by Crippen LogP contribution is 2.18. The van der Waals surface area contributed by atoms with Crippen LogP contribution in [0.1, 0.15) is 34.1 Å². The molecule has 0 spiro atoms. The maximum Gasteiger partial charge on any atom is 0.236 e. The van der Waals surface area contributed by atoms with Crippen molar-refractivity contribution in [3.05, 3.63) is 21.8 Å². The van der Waals surface area contributed by atoms with Gasteiger partial charge in [0.05, 0.1) is 12.3 Å². The molecule has 0 aliphatic carbocycles. The van der Waals surface area contributed by atoms with E-state index >= 15 is 0 Å². The van der Waals surface area contributed by atoms with Gasteiger partial charge in [0.1, 0.15) is 0 Å². The van der Waals surface area contributed by atoms with Gasteiger partial charge in [0, 0.05) is 23.3 Å². The molecule has 0 aliphatic rings. The minimum atomic E-state index is -0.820. The molecular weight excluding hydrogens is 250 g/mol. The number of hydrogen-bond acceptors (Lipinski definition) is 5. The van der Waals surface area contributed by atoms with Crippen LogP contribution in [0.2, 0.25) is 0 Å². The van der Waals surface area contributed by atoms with E-state index in [4.69, 9.17) is 5.21 Å². The molecule has 2 N–H and O–H groups in total. The van der Waals surface area contributed by atoms with Gasteiger partial charge < -0.3 is 10.5 Å². The summed E-state index contributed by atoms with van der Waals surface area (Å²) in [7, 11) is 0. The van der Waals surface area contributed by atoms with E-state index in [1.807, 2.05) is 0 Å². The molecule has 1 unspecified atom stereocenters. The number of oxime groups is 1. The van der Waals surface area contributed by atoms with Crippen molar-refractivity contribution < 1.29 is 14.9 Å². The van der Waals surface area contributed by atoms with Gasteiger partial charge in [-0.25, -0.2) is 0 Å². The van der Waals surface area contributed by atoms with Crippen LogP contribution in [0.5, 0.6) is 0 Å². The third kappa shape index (κ3) is 5.98. The Balaban J connectivity index is 5.13. The first kappa shape index (κ1) is 17.1. The fraction of sp³-hybridized carbons (Fsp3) is 0.667. The van der Waals surface area contributed by atoms with Crippen molar-refractivity contribution in [1.82, 2.24) is 5.32 Å². The van der Waals surface area contributed by atoms with Crippen LogP contribution in [0.25, 0.3) is 0 Å². The van der Waals surface area contributed by atoms with Crippen molar-refractivity contribution in [2.24, 2.45) is 11.1 Å². The van der Waals surface area contributed by atoms with Gasteiger partial charge >= 0.3 is 0 Å². The second-order valence-electron chi connectivity index (χ2n) is 4.55. The fourth-order valence-electron chi connectivity index (χ4n) is 1.75. The van der Waals surface area contributed by atoms with Crippen molar-refractivity contribution in [2.45, 2.75) is 40.2 Å². The average Bonchev–Trinajstić information content (AvgIpc) is 2.31. The minimum absolute atomic E-state index is 0.0395. The zero-order valence-corrected chi connectivity index (χ0v) is 11.7. The van der Waals surface area contributed by atoms with Crippen molar-refractivity contribution in [3.63, 3.8) is 0 Å². The Kier molecular flexibility index (Phi) is 7.40. The van der Waals surface area contributed by atoms with Crippen molar-refractivity contribution >= 4 is 11.6 Å². The Morgan fingerprint density at radius 3 is 2.42 bits per heavy atom. The SMILES string of the molecule is CC/C(=C\C(CNC(C)=O)=N\O)C(C(C)C)[N+](=O)[O-]. The summed E-state index contributed by atoms with van der Waals surface area (Å²) in [6.07, 6.45) is 1.95. The highest BCUT2D eigenvalue weighted by Gasteiger charge is 2.28. The summed E-state index contributed by atoms with van der Waals surface area (Å²) in [5, 5.41) is 25.5. The summed E-state index contributed by atoms with van der Waals surface area (Å²) in [5.41, 5.74) is 0.762. The second-order valence-corrected chi connectivity index (χ2v) is 4.55. The van der Waals surface area contributed by atoms with Crippen LogP contribution < -0.4 is 5.32 Å². The average molecular weight is 271 g/mol. The Morgan fingerprint density at radius 1 is 1.53 bits per heavy atom. The molecular formula is C12H21N3O4. The highest BCUT2D eigenvalue weighted by atomic mass is 16.6. The molecule has 7 heteroatoms. The Hall–Kier alpha value is -1.92. The number of carbonyl (C=O) groups is 1. The molecule has 0 fully saturated rings. The maximum absolute atomic E-state index is 11.1. The summed E-state index contributed by atoms with van der Waals surface area (Å²) in [5.74, 6) is -0.427. The van der Waals surface area contributed by atoms with Crippen LogP contribution >= 0.6 is 0 Å². The van der Waals surface area contributed by atoms with E-state index in [2.05, 4.69) is 10.5 Å². The maximum atomic E-state index is 11.1. The van der Waals surface area contributed by atoms with E-state index in [-0.39, 0.29) is 29.0 Å². The predicted molar refractivity (Wildman–Crippen MR) is 71.9 cm³/mol. The molecule has 0 aromatic rings. The number of rotatable bonds is 7. The zero-order chi connectivity index (χ0) is 15.0. The second kappa shape index (κ2) is 8.23. The van der Waals surface area contributed by atoms with Crippen LogP contribution in [-0.4, -0.2) is 34.3 Å². The summed E-state index contributed by atoms with van der Waals surface area (Å²) in [6.45, 7) is 6.71. The minimum Gasteiger partial charge on any atom is -0.411 e. The number of nitro groups is 1. The largest absolute Gasteiger partial charge is 0.411 e. The molecule has 0 rings (SSSR count). The predicted octanol–water partition coefficient (Wildman–Crippen LogP) is 1.59. The van der Waals surface area contributed by atoms with Gasteiger partial charge in [-0.1, -0.05) is 25.9 Å². The molecule has 0 aromatic heterocycles. The first-order valence-corrected chi connectivity index (χ1v) is 6.12. The third-order valence-electron chi connectivity index (χ3n) is 2.65. The van der Waals surface area contributed by atoms with Gasteiger partial charge in [-0.3, -0.25) is 14.9 Å². The lowest BCUT2D eigenvalue weighted by atomic mass is 9.93. The Morgan fingerprint density at radius 2 is 2.11 bits per heavy atom. The fourth-order valence-corrected chi connectivity index (χ4v) is 1.75. The lowest BCUT2D eigenvalue weighted by Crippen LogP contribution is -2.30. The number of carbonyl (C=O) groups excluding carboxylic acids is 1. The van der Waals surface area contributed by atoms with Gasteiger partial charge in [-0.05, 0) is 12.5 Å². The standard InChI is InChI=1S/C12H21N3O4/c1-5-10(12(8(2)3)15(18)19)6-11(14-17)7-13-9(4)16/h6,8,12,17H,5,7H2,1-4H3,(H,13,16)/b10-6+,14-11-. The van der Waals surface area contributed by atoms with Gasteiger partial charge in [-0.15, -0.1) is 0 Å². The molecule has 0 heterocycles. The van der Waals surface area contributed by atoms with Crippen LogP contribution in [0.4, 0.5) is 0 Å². The third-order valence-corrected chi connectivity index (χ3v) is 2.65. The van der Waals surface area contributed by atoms with Gasteiger partial charge in [0.15, 0.2) is 0 Å². The normalized spacial score (nSPS) is 14.4. The summed E-state index contributed by atoms with van der Waals surface area (Å²) < 4.78 is 0. The molecule has 1 atom stereocenters. The first-order valence-electron chi connectivity index (χ1n) is 6.12. The number of nitrogens with zero attached hydrogens (tertiary/aromatic N) is 2. The summed E-state index contributed by atoms with van der Waals surface area (Å²) in [6, 6.07) is -0.820. The van der Waals surface area contributed by atoms with Crippen molar-refractivity contribution in [2.75, 3.05) is 6.54 Å². The van der Waals surface area contributed by atoms with Crippen molar-refractivity contribution in [1.29, 1.82) is 0 Å². The molecule has 108 valence electrons. The topological polar surface area (TPSA) is 105 Å². The van der Waals surface area contributed by atoms with E-state index in [1.165, 1.54) is 13.0 Å². The summed E-state index contributed by atoms with van der Waals surface area (Å²) >= 11 is 0. The molecule has 0 saturated carbocycles. The number of hydrogen-bond donors (Lipinski definition) is 2. The molecule has 19 heavy (non-hydrogen) atoms. The molecule has 0 aromatic carbocycles. The number of amides is 1. The monoisotopic (exact) mass is 271 g/mol. The van der Waals surface area contributed by atoms with E-state index < -0.39 is 6.04 Å². The quantitative estimate of drug-likeness (QED) is 0.317. The lowest BCUT2D eigenvalue weighted by Gasteiger charge is -2.15. The van der Waals surface area contributed by atoms with Crippen LogP contribution in [0, 0.1) is 16.0 Å². The van der Waals surface area contributed by atoms with Crippen LogP contribution in [0.15, 0.2) is 16.8 Å². The molecule has 0 saturated heterocycles.